The Kier molecular flexibility index (Phi) is 4.33. The van der Waals surface area contributed by atoms with Crippen LogP contribution in [0.5, 0.6) is 0 Å². The first-order valence-corrected chi connectivity index (χ1v) is 7.88. The van der Waals surface area contributed by atoms with Gasteiger partial charge in [-0.25, -0.2) is 4.79 Å². The van der Waals surface area contributed by atoms with Crippen LogP contribution < -0.4 is 11.2 Å². The standard InChI is InChI=1S/C16H21N5O3/c1-11-8-21(15(23)19-14(11)22)13-10-20(6-3-16(13,2)24)9-12-7-17-4-5-18-12/h4-5,7-8,13,24H,3,6,9-10H2,1-2H3,(H,19,22,23)/t13-,16-/m1/s1. The highest BCUT2D eigenvalue weighted by atomic mass is 16.3. The summed E-state index contributed by atoms with van der Waals surface area (Å²) in [6.45, 7) is 5.14. The van der Waals surface area contributed by atoms with Crippen LogP contribution in [0.25, 0.3) is 0 Å². The third-order valence-electron chi connectivity index (χ3n) is 4.57. The van der Waals surface area contributed by atoms with Gasteiger partial charge in [0.25, 0.3) is 5.56 Å². The molecule has 24 heavy (non-hydrogen) atoms. The van der Waals surface area contributed by atoms with Gasteiger partial charge in [-0.2, -0.15) is 0 Å². The molecule has 1 aliphatic heterocycles. The maximum Gasteiger partial charge on any atom is 0.328 e. The van der Waals surface area contributed by atoms with Gasteiger partial charge in [0.1, 0.15) is 0 Å². The Hall–Kier alpha value is -2.32. The topological polar surface area (TPSA) is 104 Å². The molecule has 2 aromatic rings. The summed E-state index contributed by atoms with van der Waals surface area (Å²) in [5.41, 5.74) is -0.660. The highest BCUT2D eigenvalue weighted by Gasteiger charge is 2.39. The summed E-state index contributed by atoms with van der Waals surface area (Å²) in [6, 6.07) is -0.453. The number of hydrogen-bond donors (Lipinski definition) is 2. The van der Waals surface area contributed by atoms with Gasteiger partial charge in [-0.3, -0.25) is 29.2 Å². The molecule has 0 unspecified atom stereocenters. The van der Waals surface area contributed by atoms with Crippen LogP contribution in [0.2, 0.25) is 0 Å². The number of aryl methyl sites for hydroxylation is 1. The molecule has 0 bridgehead atoms. The number of aromatic nitrogens is 4. The van der Waals surface area contributed by atoms with Gasteiger partial charge < -0.3 is 5.11 Å². The summed E-state index contributed by atoms with van der Waals surface area (Å²) in [4.78, 5) is 36.5. The van der Waals surface area contributed by atoms with Crippen LogP contribution in [-0.2, 0) is 6.54 Å². The molecular weight excluding hydrogens is 310 g/mol. The number of rotatable bonds is 3. The smallest absolute Gasteiger partial charge is 0.328 e. The summed E-state index contributed by atoms with van der Waals surface area (Å²) < 4.78 is 1.43. The molecule has 1 saturated heterocycles. The van der Waals surface area contributed by atoms with Gasteiger partial charge in [-0.1, -0.05) is 0 Å². The van der Waals surface area contributed by atoms with Crippen LogP contribution in [0.1, 0.15) is 30.6 Å². The van der Waals surface area contributed by atoms with Gasteiger partial charge in [0.15, 0.2) is 0 Å². The van der Waals surface area contributed by atoms with Gasteiger partial charge in [-0.05, 0) is 20.3 Å². The molecule has 8 heteroatoms. The van der Waals surface area contributed by atoms with Crippen molar-refractivity contribution in [3.63, 3.8) is 0 Å². The minimum atomic E-state index is -1.03. The molecule has 3 rings (SSSR count). The summed E-state index contributed by atoms with van der Waals surface area (Å²) in [7, 11) is 0. The molecule has 8 nitrogen and oxygen atoms in total. The van der Waals surface area contributed by atoms with Gasteiger partial charge in [0.2, 0.25) is 0 Å². The molecule has 0 spiro atoms. The molecule has 0 aromatic carbocycles. The normalized spacial score (nSPS) is 24.9. The zero-order chi connectivity index (χ0) is 17.3. The fourth-order valence-electron chi connectivity index (χ4n) is 3.07. The predicted molar refractivity (Wildman–Crippen MR) is 87.6 cm³/mol. The number of nitrogens with one attached hydrogen (secondary N) is 1. The molecule has 2 atom stereocenters. The van der Waals surface area contributed by atoms with E-state index < -0.39 is 22.9 Å². The Bertz CT molecular complexity index is 828. The number of aromatic amines is 1. The van der Waals surface area contributed by atoms with Crippen molar-refractivity contribution in [3.05, 3.63) is 56.9 Å². The summed E-state index contributed by atoms with van der Waals surface area (Å²) in [6.07, 6.45) is 7.01. The third-order valence-corrected chi connectivity index (χ3v) is 4.57. The van der Waals surface area contributed by atoms with Crippen molar-refractivity contribution < 1.29 is 5.11 Å². The summed E-state index contributed by atoms with van der Waals surface area (Å²) in [5.74, 6) is 0. The van der Waals surface area contributed by atoms with E-state index in [9.17, 15) is 14.7 Å². The van der Waals surface area contributed by atoms with Gasteiger partial charge in [0.05, 0.1) is 17.3 Å². The Balaban J connectivity index is 1.89. The lowest BCUT2D eigenvalue weighted by molar-refractivity contribution is -0.0545. The monoisotopic (exact) mass is 331 g/mol. The molecule has 0 aliphatic carbocycles. The SMILES string of the molecule is Cc1cn([C@@H]2CN(Cc3cnccn3)CC[C@@]2(C)O)c(=O)[nH]c1=O. The first kappa shape index (κ1) is 16.5. The number of piperidine rings is 1. The number of H-pyrrole nitrogens is 1. The van der Waals surface area contributed by atoms with Crippen LogP contribution in [0, 0.1) is 6.92 Å². The maximum absolute atomic E-state index is 12.2. The van der Waals surface area contributed by atoms with E-state index in [0.29, 0.717) is 31.6 Å². The van der Waals surface area contributed by atoms with Gasteiger partial charge in [-0.15, -0.1) is 0 Å². The van der Waals surface area contributed by atoms with E-state index in [4.69, 9.17) is 0 Å². The second kappa shape index (κ2) is 6.29. The highest BCUT2D eigenvalue weighted by Crippen LogP contribution is 2.31. The summed E-state index contributed by atoms with van der Waals surface area (Å²) >= 11 is 0. The largest absolute Gasteiger partial charge is 0.388 e. The Morgan fingerprint density at radius 1 is 1.42 bits per heavy atom. The number of likely N-dealkylation sites (tertiary alicyclic amines) is 1. The van der Waals surface area contributed by atoms with Crippen molar-refractivity contribution in [1.82, 2.24) is 24.4 Å². The van der Waals surface area contributed by atoms with Crippen LogP contribution in [0.4, 0.5) is 0 Å². The molecule has 1 fully saturated rings. The van der Waals surface area contributed by atoms with Gasteiger partial charge >= 0.3 is 5.69 Å². The molecule has 3 heterocycles. The minimum absolute atomic E-state index is 0.400. The second-order valence-electron chi connectivity index (χ2n) is 6.53. The predicted octanol–water partition coefficient (Wildman–Crippen LogP) is -0.167. The number of nitrogens with zero attached hydrogens (tertiary/aromatic N) is 4. The number of aliphatic hydroxyl groups is 1. The fourth-order valence-corrected chi connectivity index (χ4v) is 3.07. The Morgan fingerprint density at radius 3 is 2.92 bits per heavy atom. The first-order chi connectivity index (χ1) is 11.4. The molecule has 0 amide bonds. The average molecular weight is 331 g/mol. The molecule has 2 aromatic heterocycles. The van der Waals surface area contributed by atoms with Crippen LogP contribution in [0.15, 0.2) is 34.4 Å². The van der Waals surface area contributed by atoms with Crippen molar-refractivity contribution in [2.24, 2.45) is 0 Å². The lowest BCUT2D eigenvalue weighted by Crippen LogP contribution is -2.53. The van der Waals surface area contributed by atoms with E-state index in [1.54, 1.807) is 32.4 Å². The van der Waals surface area contributed by atoms with Crippen molar-refractivity contribution in [2.45, 2.75) is 38.5 Å². The van der Waals surface area contributed by atoms with E-state index >= 15 is 0 Å². The lowest BCUT2D eigenvalue weighted by atomic mass is 9.88. The molecule has 2 N–H and O–H groups in total. The van der Waals surface area contributed by atoms with Crippen molar-refractivity contribution in [2.75, 3.05) is 13.1 Å². The van der Waals surface area contributed by atoms with E-state index in [1.807, 2.05) is 0 Å². The van der Waals surface area contributed by atoms with Crippen LogP contribution >= 0.6 is 0 Å². The zero-order valence-electron chi connectivity index (χ0n) is 13.8. The fraction of sp³-hybridized carbons (Fsp3) is 0.500. The second-order valence-corrected chi connectivity index (χ2v) is 6.53. The van der Waals surface area contributed by atoms with E-state index in [1.165, 1.54) is 10.8 Å². The molecule has 0 radical (unpaired) electrons. The van der Waals surface area contributed by atoms with E-state index in [2.05, 4.69) is 19.9 Å². The quantitative estimate of drug-likeness (QED) is 0.809. The van der Waals surface area contributed by atoms with Crippen LogP contribution in [-0.4, -0.2) is 48.2 Å². The van der Waals surface area contributed by atoms with Crippen molar-refractivity contribution in [1.29, 1.82) is 0 Å². The Labute approximate surface area is 138 Å². The summed E-state index contributed by atoms with van der Waals surface area (Å²) in [5, 5.41) is 10.7. The maximum atomic E-state index is 12.2. The van der Waals surface area contributed by atoms with Crippen molar-refractivity contribution >= 4 is 0 Å². The third kappa shape index (κ3) is 3.29. The molecule has 1 aliphatic rings. The molecule has 0 saturated carbocycles. The minimum Gasteiger partial charge on any atom is -0.388 e. The zero-order valence-corrected chi connectivity index (χ0v) is 13.8. The van der Waals surface area contributed by atoms with E-state index in [-0.39, 0.29) is 0 Å². The molecule has 128 valence electrons. The average Bonchev–Trinajstić information content (AvgIpc) is 2.54. The van der Waals surface area contributed by atoms with Crippen LogP contribution in [0.3, 0.4) is 0 Å². The highest BCUT2D eigenvalue weighted by molar-refractivity contribution is 5.05. The Morgan fingerprint density at radius 2 is 2.21 bits per heavy atom. The lowest BCUT2D eigenvalue weighted by Gasteiger charge is -2.43. The van der Waals surface area contributed by atoms with E-state index in [0.717, 1.165) is 5.69 Å². The van der Waals surface area contributed by atoms with Gasteiger partial charge in [0, 0.05) is 50.0 Å². The first-order valence-electron chi connectivity index (χ1n) is 7.88. The molecular formula is C16H21N5O3. The number of hydrogen-bond acceptors (Lipinski definition) is 6. The van der Waals surface area contributed by atoms with Crippen molar-refractivity contribution in [3.8, 4) is 0 Å².